The largest absolute Gasteiger partial charge is 0.448 e. The maximum absolute atomic E-state index is 12.5. The van der Waals surface area contributed by atoms with E-state index in [9.17, 15) is 14.9 Å². The number of nitrogens with zero attached hydrogens (tertiary/aromatic N) is 3. The number of amides is 2. The molecule has 0 aliphatic carbocycles. The quantitative estimate of drug-likeness (QED) is 0.676. The number of carbonyl (C=O) groups is 2. The smallest absolute Gasteiger partial charge is 0.410 e. The van der Waals surface area contributed by atoms with Crippen LogP contribution in [0.4, 0.5) is 9.80 Å². The summed E-state index contributed by atoms with van der Waals surface area (Å²) in [4.78, 5) is 29.8. The Morgan fingerprint density at radius 2 is 1.97 bits per heavy atom. The van der Waals surface area contributed by atoms with Crippen LogP contribution in [0.15, 0.2) is 36.4 Å². The summed E-state index contributed by atoms with van der Waals surface area (Å²) in [5.41, 5.74) is 2.34. The Labute approximate surface area is 191 Å². The summed E-state index contributed by atoms with van der Waals surface area (Å²) in [5, 5.41) is 13.0. The van der Waals surface area contributed by atoms with Gasteiger partial charge in [0.25, 0.3) is 0 Å². The number of likely N-dealkylation sites (tertiary alicyclic amines) is 1. The second kappa shape index (κ2) is 10.4. The second-order valence-electron chi connectivity index (χ2n) is 7.89. The maximum atomic E-state index is 12.5. The fraction of sp³-hybridized carbons (Fsp3) is 0.375. The van der Waals surface area contributed by atoms with E-state index < -0.39 is 0 Å². The van der Waals surface area contributed by atoms with Crippen molar-refractivity contribution in [1.29, 1.82) is 5.26 Å². The van der Waals surface area contributed by atoms with Crippen LogP contribution in [0.1, 0.15) is 34.4 Å². The normalized spacial score (nSPS) is 16.0. The van der Waals surface area contributed by atoms with Crippen molar-refractivity contribution >= 4 is 34.4 Å². The Balaban J connectivity index is 1.35. The molecule has 2 amide bonds. The Hall–Kier alpha value is -3.15. The minimum absolute atomic E-state index is 0.290. The van der Waals surface area contributed by atoms with E-state index in [1.165, 1.54) is 30.3 Å². The van der Waals surface area contributed by atoms with E-state index in [1.54, 1.807) is 11.0 Å². The van der Waals surface area contributed by atoms with Gasteiger partial charge in [-0.25, -0.2) is 4.79 Å². The molecule has 3 heterocycles. The van der Waals surface area contributed by atoms with Gasteiger partial charge in [-0.15, -0.1) is 11.3 Å². The van der Waals surface area contributed by atoms with Crippen molar-refractivity contribution in [2.45, 2.75) is 25.8 Å². The van der Waals surface area contributed by atoms with Crippen molar-refractivity contribution in [3.63, 3.8) is 0 Å². The SMILES string of the molecule is N#Cc1c(NC(=O)/C=C/c2ccccc2)sc2c1CCN(C(=O)OCCN1CCCC1)C2. The summed E-state index contributed by atoms with van der Waals surface area (Å²) < 4.78 is 5.47. The number of carbonyl (C=O) groups excluding carboxylic acids is 2. The summed E-state index contributed by atoms with van der Waals surface area (Å²) in [6.07, 6.45) is 5.87. The summed E-state index contributed by atoms with van der Waals surface area (Å²) in [7, 11) is 0. The van der Waals surface area contributed by atoms with Gasteiger partial charge in [-0.2, -0.15) is 5.26 Å². The highest BCUT2D eigenvalue weighted by atomic mass is 32.1. The van der Waals surface area contributed by atoms with Crippen LogP contribution in [0.3, 0.4) is 0 Å². The fourth-order valence-corrected chi connectivity index (χ4v) is 5.23. The minimum atomic E-state index is -0.321. The molecular weight excluding hydrogens is 424 g/mol. The molecule has 0 unspecified atom stereocenters. The van der Waals surface area contributed by atoms with E-state index in [0.717, 1.165) is 35.6 Å². The Bertz CT molecular complexity index is 1040. The van der Waals surface area contributed by atoms with Crippen molar-refractivity contribution in [2.24, 2.45) is 0 Å². The van der Waals surface area contributed by atoms with Crippen molar-refractivity contribution in [3.05, 3.63) is 58.0 Å². The van der Waals surface area contributed by atoms with Crippen LogP contribution < -0.4 is 5.32 Å². The standard InChI is InChI=1S/C24H26N4O3S/c25-16-20-19-10-13-28(24(30)31-15-14-27-11-4-5-12-27)17-21(19)32-23(20)26-22(29)9-8-18-6-2-1-3-7-18/h1-3,6-9H,4-5,10-15,17H2,(H,26,29)/b9-8+. The molecule has 1 saturated heterocycles. The molecule has 1 aromatic carbocycles. The van der Waals surface area contributed by atoms with Gasteiger partial charge in [0.15, 0.2) is 0 Å². The monoisotopic (exact) mass is 450 g/mol. The second-order valence-corrected chi connectivity index (χ2v) is 8.99. The molecule has 0 saturated carbocycles. The van der Waals surface area contributed by atoms with Crippen molar-refractivity contribution < 1.29 is 14.3 Å². The van der Waals surface area contributed by atoms with Gasteiger partial charge in [-0.3, -0.25) is 9.69 Å². The third kappa shape index (κ3) is 5.36. The Morgan fingerprint density at radius 1 is 1.19 bits per heavy atom. The zero-order valence-corrected chi connectivity index (χ0v) is 18.7. The molecule has 0 atom stereocenters. The number of nitrogens with one attached hydrogen (secondary N) is 1. The van der Waals surface area contributed by atoms with Gasteiger partial charge in [0.2, 0.25) is 5.91 Å². The van der Waals surface area contributed by atoms with Crippen LogP contribution in [-0.2, 0) is 22.5 Å². The predicted molar refractivity (Wildman–Crippen MR) is 124 cm³/mol. The number of hydrogen-bond acceptors (Lipinski definition) is 6. The summed E-state index contributed by atoms with van der Waals surface area (Å²) in [5.74, 6) is -0.290. The predicted octanol–water partition coefficient (Wildman–Crippen LogP) is 3.86. The summed E-state index contributed by atoms with van der Waals surface area (Å²) >= 11 is 1.36. The fourth-order valence-electron chi connectivity index (χ4n) is 4.01. The van der Waals surface area contributed by atoms with E-state index in [4.69, 9.17) is 4.74 Å². The molecular formula is C24H26N4O3S. The minimum Gasteiger partial charge on any atom is -0.448 e. The van der Waals surface area contributed by atoms with E-state index in [2.05, 4.69) is 16.3 Å². The number of nitriles is 1. The van der Waals surface area contributed by atoms with Crippen molar-refractivity contribution in [1.82, 2.24) is 9.80 Å². The maximum Gasteiger partial charge on any atom is 0.410 e. The van der Waals surface area contributed by atoms with Crippen LogP contribution in [0.2, 0.25) is 0 Å². The van der Waals surface area contributed by atoms with Gasteiger partial charge in [0.1, 0.15) is 17.7 Å². The van der Waals surface area contributed by atoms with E-state index >= 15 is 0 Å². The Kier molecular flexibility index (Phi) is 7.20. The van der Waals surface area contributed by atoms with Gasteiger partial charge in [-0.1, -0.05) is 30.3 Å². The third-order valence-corrected chi connectivity index (χ3v) is 6.85. The molecule has 2 aromatic rings. The van der Waals surface area contributed by atoms with Crippen LogP contribution in [0, 0.1) is 11.3 Å². The first-order valence-corrected chi connectivity index (χ1v) is 11.7. The highest BCUT2D eigenvalue weighted by molar-refractivity contribution is 7.16. The average molecular weight is 451 g/mol. The summed E-state index contributed by atoms with van der Waals surface area (Å²) in [6.45, 7) is 4.22. The molecule has 0 bridgehead atoms. The molecule has 1 fully saturated rings. The lowest BCUT2D eigenvalue weighted by atomic mass is 10.0. The molecule has 0 spiro atoms. The number of rotatable bonds is 6. The lowest BCUT2D eigenvalue weighted by Crippen LogP contribution is -2.37. The van der Waals surface area contributed by atoms with Gasteiger partial charge >= 0.3 is 6.09 Å². The molecule has 1 N–H and O–H groups in total. The average Bonchev–Trinajstić information content (AvgIpc) is 3.45. The van der Waals surface area contributed by atoms with Gasteiger partial charge in [0.05, 0.1) is 12.1 Å². The molecule has 1 aromatic heterocycles. The lowest BCUT2D eigenvalue weighted by molar-refractivity contribution is -0.111. The number of benzene rings is 1. The first-order chi connectivity index (χ1) is 15.6. The highest BCUT2D eigenvalue weighted by Gasteiger charge is 2.28. The van der Waals surface area contributed by atoms with E-state index in [0.29, 0.717) is 36.7 Å². The number of fused-ring (bicyclic) bond motifs is 1. The third-order valence-electron chi connectivity index (χ3n) is 5.72. The zero-order valence-electron chi connectivity index (χ0n) is 17.9. The van der Waals surface area contributed by atoms with Gasteiger partial charge in [0, 0.05) is 24.0 Å². The molecule has 32 heavy (non-hydrogen) atoms. The van der Waals surface area contributed by atoms with Crippen LogP contribution >= 0.6 is 11.3 Å². The number of anilines is 1. The van der Waals surface area contributed by atoms with Crippen LogP contribution in [0.5, 0.6) is 0 Å². The molecule has 2 aliphatic rings. The molecule has 2 aliphatic heterocycles. The highest BCUT2D eigenvalue weighted by Crippen LogP contribution is 2.36. The molecule has 0 radical (unpaired) electrons. The first kappa shape index (κ1) is 22.1. The van der Waals surface area contributed by atoms with Gasteiger partial charge in [-0.05, 0) is 49.6 Å². The van der Waals surface area contributed by atoms with E-state index in [-0.39, 0.29) is 12.0 Å². The zero-order chi connectivity index (χ0) is 22.3. The molecule has 8 heteroatoms. The molecule has 7 nitrogen and oxygen atoms in total. The van der Waals surface area contributed by atoms with Crippen molar-refractivity contribution in [2.75, 3.05) is 38.1 Å². The number of hydrogen-bond donors (Lipinski definition) is 1. The van der Waals surface area contributed by atoms with Gasteiger partial charge < -0.3 is 15.0 Å². The topological polar surface area (TPSA) is 85.7 Å². The van der Waals surface area contributed by atoms with E-state index in [1.807, 2.05) is 30.3 Å². The van der Waals surface area contributed by atoms with Crippen LogP contribution in [0.25, 0.3) is 6.08 Å². The van der Waals surface area contributed by atoms with Crippen LogP contribution in [-0.4, -0.2) is 54.6 Å². The summed E-state index contributed by atoms with van der Waals surface area (Å²) in [6, 6.07) is 11.8. The molecule has 166 valence electrons. The van der Waals surface area contributed by atoms with Crippen molar-refractivity contribution in [3.8, 4) is 6.07 Å². The number of ether oxygens (including phenoxy) is 1. The molecule has 4 rings (SSSR count). The number of thiophene rings is 1. The lowest BCUT2D eigenvalue weighted by Gasteiger charge is -2.26. The Morgan fingerprint density at radius 3 is 2.72 bits per heavy atom. The first-order valence-electron chi connectivity index (χ1n) is 10.9.